The fourth-order valence-corrected chi connectivity index (χ4v) is 4.62. The largest absolute Gasteiger partial charge is 0.369 e. The van der Waals surface area contributed by atoms with E-state index in [1.165, 1.54) is 28.8 Å². The molecule has 1 saturated carbocycles. The lowest BCUT2D eigenvalue weighted by molar-refractivity contribution is 0.304. The maximum Gasteiger partial charge on any atom is 0.220 e. The molecule has 28 heavy (non-hydrogen) atoms. The summed E-state index contributed by atoms with van der Waals surface area (Å²) in [4.78, 5) is 11.5. The summed E-state index contributed by atoms with van der Waals surface area (Å²) in [5.41, 5.74) is 17.5. The third kappa shape index (κ3) is 3.63. The molecule has 5 heteroatoms. The maximum absolute atomic E-state index is 6.56. The molecule has 1 aliphatic heterocycles. The second kappa shape index (κ2) is 7.76. The molecule has 1 fully saturated rings. The Hall–Kier alpha value is -2.04. The first-order valence-corrected chi connectivity index (χ1v) is 10.8. The number of hydrogen-bond acceptors (Lipinski definition) is 5. The molecule has 1 aromatic carbocycles. The summed E-state index contributed by atoms with van der Waals surface area (Å²) in [7, 11) is 0. The van der Waals surface area contributed by atoms with E-state index in [1.54, 1.807) is 0 Å². The van der Waals surface area contributed by atoms with Gasteiger partial charge in [-0.2, -0.15) is 4.99 Å². The van der Waals surface area contributed by atoms with Gasteiger partial charge in [-0.3, -0.25) is 4.90 Å². The van der Waals surface area contributed by atoms with Crippen molar-refractivity contribution in [2.45, 2.75) is 97.1 Å². The minimum absolute atomic E-state index is 0.312. The van der Waals surface area contributed by atoms with Gasteiger partial charge in [-0.1, -0.05) is 60.1 Å². The minimum atomic E-state index is -0.402. The smallest absolute Gasteiger partial charge is 0.220 e. The molecule has 0 radical (unpaired) electrons. The van der Waals surface area contributed by atoms with E-state index in [0.29, 0.717) is 29.7 Å². The molecule has 3 rings (SSSR count). The highest BCUT2D eigenvalue weighted by molar-refractivity contribution is 6.06. The van der Waals surface area contributed by atoms with Crippen LogP contribution in [0, 0.1) is 0 Å². The minimum Gasteiger partial charge on any atom is -0.369 e. The van der Waals surface area contributed by atoms with Crippen LogP contribution in [0.15, 0.2) is 22.1 Å². The number of rotatable bonds is 4. The van der Waals surface area contributed by atoms with Crippen LogP contribution in [-0.4, -0.2) is 17.6 Å². The van der Waals surface area contributed by atoms with Crippen LogP contribution in [0.3, 0.4) is 0 Å². The van der Waals surface area contributed by atoms with Crippen LogP contribution in [-0.2, 0) is 0 Å². The van der Waals surface area contributed by atoms with Gasteiger partial charge in [-0.25, -0.2) is 4.99 Å². The molecule has 0 saturated heterocycles. The predicted molar refractivity (Wildman–Crippen MR) is 120 cm³/mol. The second-order valence-corrected chi connectivity index (χ2v) is 9.33. The first-order chi connectivity index (χ1) is 13.2. The molecule has 0 atom stereocenters. The molecular weight excluding hydrogens is 346 g/mol. The molecule has 1 aliphatic carbocycles. The predicted octanol–water partition coefficient (Wildman–Crippen LogP) is 5.17. The summed E-state index contributed by atoms with van der Waals surface area (Å²) in [5, 5.41) is 0. The van der Waals surface area contributed by atoms with Crippen molar-refractivity contribution in [1.29, 1.82) is 0 Å². The lowest BCUT2D eigenvalue weighted by Crippen LogP contribution is -2.59. The molecule has 1 heterocycles. The molecular formula is C23H37N5. The van der Waals surface area contributed by atoms with Gasteiger partial charge in [0.15, 0.2) is 0 Å². The van der Waals surface area contributed by atoms with Crippen molar-refractivity contribution in [3.05, 3.63) is 28.8 Å². The Morgan fingerprint density at radius 3 is 1.86 bits per heavy atom. The van der Waals surface area contributed by atoms with Gasteiger partial charge in [-0.05, 0) is 60.1 Å². The van der Waals surface area contributed by atoms with Crippen molar-refractivity contribution >= 4 is 17.6 Å². The van der Waals surface area contributed by atoms with Gasteiger partial charge in [0.1, 0.15) is 5.66 Å². The zero-order valence-corrected chi connectivity index (χ0v) is 18.4. The van der Waals surface area contributed by atoms with E-state index in [1.807, 2.05) is 0 Å². The lowest BCUT2D eigenvalue weighted by Gasteiger charge is -2.47. The Balaban J connectivity index is 2.29. The molecule has 2 aliphatic rings. The topological polar surface area (TPSA) is 80.0 Å². The average Bonchev–Trinajstić information content (AvgIpc) is 2.60. The van der Waals surface area contributed by atoms with Gasteiger partial charge in [-0.15, -0.1) is 0 Å². The molecule has 1 aromatic rings. The van der Waals surface area contributed by atoms with Crippen LogP contribution >= 0.6 is 0 Å². The fourth-order valence-electron chi connectivity index (χ4n) is 4.62. The fraction of sp³-hybridized carbons (Fsp3) is 0.652. The van der Waals surface area contributed by atoms with Crippen LogP contribution in [0.1, 0.15) is 108 Å². The number of aliphatic imine (C=N–C) groups is 2. The molecule has 1 spiro atoms. The molecule has 0 bridgehead atoms. The van der Waals surface area contributed by atoms with E-state index < -0.39 is 5.66 Å². The molecule has 5 nitrogen and oxygen atoms in total. The molecule has 0 aromatic heterocycles. The van der Waals surface area contributed by atoms with E-state index in [9.17, 15) is 0 Å². The number of benzene rings is 1. The first-order valence-electron chi connectivity index (χ1n) is 10.8. The van der Waals surface area contributed by atoms with Gasteiger partial charge in [0.2, 0.25) is 11.9 Å². The number of anilines is 1. The van der Waals surface area contributed by atoms with Crippen molar-refractivity contribution in [1.82, 2.24) is 0 Å². The SMILES string of the molecule is CC(C)c1cc(C(C)C)c(N2C(N)=NC(N)=NC23CCCCC3)c(C(C)C)c1. The van der Waals surface area contributed by atoms with Crippen molar-refractivity contribution in [3.63, 3.8) is 0 Å². The van der Waals surface area contributed by atoms with Gasteiger partial charge in [0.25, 0.3) is 0 Å². The number of hydrogen-bond donors (Lipinski definition) is 2. The Morgan fingerprint density at radius 2 is 1.39 bits per heavy atom. The lowest BCUT2D eigenvalue weighted by atomic mass is 9.83. The van der Waals surface area contributed by atoms with Gasteiger partial charge in [0.05, 0.1) is 5.69 Å². The highest BCUT2D eigenvalue weighted by Gasteiger charge is 2.44. The molecule has 0 unspecified atom stereocenters. The molecule has 4 N–H and O–H groups in total. The van der Waals surface area contributed by atoms with Crippen LogP contribution in [0.5, 0.6) is 0 Å². The summed E-state index contributed by atoms with van der Waals surface area (Å²) in [6.45, 7) is 13.6. The Kier molecular flexibility index (Phi) is 5.74. The quantitative estimate of drug-likeness (QED) is 0.753. The van der Waals surface area contributed by atoms with E-state index in [0.717, 1.165) is 25.7 Å². The summed E-state index contributed by atoms with van der Waals surface area (Å²) >= 11 is 0. The van der Waals surface area contributed by atoms with Crippen molar-refractivity contribution in [2.24, 2.45) is 21.5 Å². The zero-order valence-electron chi connectivity index (χ0n) is 18.4. The average molecular weight is 384 g/mol. The van der Waals surface area contributed by atoms with Crippen LogP contribution in [0.25, 0.3) is 0 Å². The Bertz CT molecular complexity index is 753. The standard InChI is InChI=1S/C23H37N5/c1-14(2)17-12-18(15(3)4)20(19(13-17)16(5)6)28-22(25)26-21(24)27-23(28)10-8-7-9-11-23/h12-16H,7-11H2,1-6H3,(H4,24,25,26,27). The van der Waals surface area contributed by atoms with Crippen LogP contribution in [0.2, 0.25) is 0 Å². The third-order valence-electron chi connectivity index (χ3n) is 6.18. The van der Waals surface area contributed by atoms with Crippen molar-refractivity contribution in [3.8, 4) is 0 Å². The molecule has 0 amide bonds. The number of guanidine groups is 2. The normalized spacial score (nSPS) is 19.5. The summed E-state index contributed by atoms with van der Waals surface area (Å²) < 4.78 is 0. The van der Waals surface area contributed by atoms with Crippen LogP contribution < -0.4 is 16.4 Å². The van der Waals surface area contributed by atoms with Crippen molar-refractivity contribution in [2.75, 3.05) is 4.90 Å². The summed E-state index contributed by atoms with van der Waals surface area (Å²) in [5.74, 6) is 2.03. The summed E-state index contributed by atoms with van der Waals surface area (Å²) in [6, 6.07) is 4.73. The van der Waals surface area contributed by atoms with Crippen LogP contribution in [0.4, 0.5) is 5.69 Å². The van der Waals surface area contributed by atoms with E-state index in [-0.39, 0.29) is 0 Å². The third-order valence-corrected chi connectivity index (χ3v) is 6.18. The second-order valence-electron chi connectivity index (χ2n) is 9.33. The van der Waals surface area contributed by atoms with E-state index in [4.69, 9.17) is 16.5 Å². The monoisotopic (exact) mass is 383 g/mol. The van der Waals surface area contributed by atoms with E-state index in [2.05, 4.69) is 63.6 Å². The van der Waals surface area contributed by atoms with Gasteiger partial charge < -0.3 is 11.5 Å². The number of nitrogens with zero attached hydrogens (tertiary/aromatic N) is 3. The highest BCUT2D eigenvalue weighted by atomic mass is 15.4. The van der Waals surface area contributed by atoms with Gasteiger partial charge in [0, 0.05) is 0 Å². The Labute approximate surface area is 170 Å². The van der Waals surface area contributed by atoms with Crippen molar-refractivity contribution < 1.29 is 0 Å². The highest BCUT2D eigenvalue weighted by Crippen LogP contribution is 2.45. The summed E-state index contributed by atoms with van der Waals surface area (Å²) in [6.07, 6.45) is 5.44. The maximum atomic E-state index is 6.56. The zero-order chi connectivity index (χ0) is 20.6. The van der Waals surface area contributed by atoms with E-state index >= 15 is 0 Å². The first kappa shape index (κ1) is 20.7. The Morgan fingerprint density at radius 1 is 0.857 bits per heavy atom. The van der Waals surface area contributed by atoms with Gasteiger partial charge >= 0.3 is 0 Å². The number of nitrogens with two attached hydrogens (primary N) is 2. The molecule has 154 valence electrons.